The van der Waals surface area contributed by atoms with Crippen LogP contribution in [-0.4, -0.2) is 63.9 Å². The molecule has 5 aromatic rings. The molecule has 1 saturated heterocycles. The van der Waals surface area contributed by atoms with Crippen molar-refractivity contribution >= 4 is 28.6 Å². The molecule has 1 aliphatic rings. The Bertz CT molecular complexity index is 1700. The lowest BCUT2D eigenvalue weighted by molar-refractivity contribution is -0.0285. The maximum atomic E-state index is 11.0. The number of nitrogens with two attached hydrogens (primary N) is 1. The molecule has 0 unspecified atom stereocenters. The maximum absolute atomic E-state index is 11.0. The highest BCUT2D eigenvalue weighted by atomic mass is 32.2. The Morgan fingerprint density at radius 3 is 2.65 bits per heavy atom. The molecular weight excluding hydrogens is 530 g/mol. The third-order valence-corrected chi connectivity index (χ3v) is 7.76. The number of hydrogen-bond donors (Lipinski definition) is 3. The first-order chi connectivity index (χ1) is 19.5. The van der Waals surface area contributed by atoms with E-state index in [-0.39, 0.29) is 5.82 Å². The molecule has 1 aliphatic heterocycles. The third kappa shape index (κ3) is 4.91. The Morgan fingerprint density at radius 2 is 1.85 bits per heavy atom. The fraction of sp³-hybridized carbons (Fsp3) is 0.250. The second-order valence-corrected chi connectivity index (χ2v) is 10.3. The quantitative estimate of drug-likeness (QED) is 0.265. The molecule has 4 N–H and O–H groups in total. The van der Waals surface area contributed by atoms with Crippen LogP contribution in [0, 0.1) is 18.8 Å². The van der Waals surface area contributed by atoms with Gasteiger partial charge in [-0.1, -0.05) is 47.3 Å². The van der Waals surface area contributed by atoms with Crippen LogP contribution in [0.4, 0.5) is 5.82 Å². The normalized spacial score (nSPS) is 20.5. The van der Waals surface area contributed by atoms with Gasteiger partial charge in [0, 0.05) is 41.2 Å². The van der Waals surface area contributed by atoms with E-state index in [2.05, 4.69) is 36.9 Å². The molecule has 0 saturated carbocycles. The van der Waals surface area contributed by atoms with E-state index in [1.807, 2.05) is 37.3 Å². The number of thioether (sulfide) groups is 1. The summed E-state index contributed by atoms with van der Waals surface area (Å²) in [5, 5.41) is 26.6. The van der Waals surface area contributed by atoms with E-state index < -0.39 is 24.5 Å². The van der Waals surface area contributed by atoms with Crippen LogP contribution in [0.15, 0.2) is 66.1 Å². The van der Waals surface area contributed by atoms with Crippen LogP contribution in [-0.2, 0) is 10.5 Å². The lowest BCUT2D eigenvalue weighted by Gasteiger charge is -2.17. The summed E-state index contributed by atoms with van der Waals surface area (Å²) < 4.78 is 13.4. The molecule has 12 heteroatoms. The molecule has 4 aromatic heterocycles. The zero-order valence-corrected chi connectivity index (χ0v) is 22.2. The SMILES string of the molecule is Cc1noc(-c2ccccc2)c1CSC[C@H]1O[C@@H](n2cc(C#Cc3cncnc3)c3c(N)ncnc32)[C@H](O)[C@@H]1O. The van der Waals surface area contributed by atoms with Gasteiger partial charge in [-0.25, -0.2) is 19.9 Å². The first-order valence-corrected chi connectivity index (χ1v) is 13.6. The van der Waals surface area contributed by atoms with Crippen molar-refractivity contribution in [3.63, 3.8) is 0 Å². The van der Waals surface area contributed by atoms with Crippen LogP contribution in [0.25, 0.3) is 22.4 Å². The molecule has 6 rings (SSSR count). The molecule has 1 aromatic carbocycles. The van der Waals surface area contributed by atoms with Gasteiger partial charge in [0.2, 0.25) is 0 Å². The number of aliphatic hydroxyl groups is 2. The van der Waals surface area contributed by atoms with Gasteiger partial charge in [-0.2, -0.15) is 11.8 Å². The first kappa shape index (κ1) is 26.0. The van der Waals surface area contributed by atoms with Crippen molar-refractivity contribution in [3.8, 4) is 23.2 Å². The smallest absolute Gasteiger partial charge is 0.171 e. The van der Waals surface area contributed by atoms with Gasteiger partial charge < -0.3 is 29.8 Å². The van der Waals surface area contributed by atoms with Crippen molar-refractivity contribution in [3.05, 3.63) is 84.0 Å². The number of hydrogen-bond acceptors (Lipinski definition) is 11. The molecular formula is C28H25N7O4S. The van der Waals surface area contributed by atoms with Gasteiger partial charge in [0.25, 0.3) is 0 Å². The molecule has 0 spiro atoms. The summed E-state index contributed by atoms with van der Waals surface area (Å²) in [6, 6.07) is 9.80. The summed E-state index contributed by atoms with van der Waals surface area (Å²) in [5.74, 6) is 8.09. The number of fused-ring (bicyclic) bond motifs is 1. The van der Waals surface area contributed by atoms with E-state index in [0.717, 1.165) is 22.6 Å². The van der Waals surface area contributed by atoms with Crippen molar-refractivity contribution in [1.82, 2.24) is 29.7 Å². The molecule has 0 amide bonds. The fourth-order valence-electron chi connectivity index (χ4n) is 4.65. The first-order valence-electron chi connectivity index (χ1n) is 12.5. The third-order valence-electron chi connectivity index (χ3n) is 6.70. The zero-order valence-electron chi connectivity index (χ0n) is 21.4. The minimum atomic E-state index is -1.20. The van der Waals surface area contributed by atoms with Gasteiger partial charge in [-0.3, -0.25) is 0 Å². The van der Waals surface area contributed by atoms with E-state index in [1.165, 1.54) is 12.7 Å². The van der Waals surface area contributed by atoms with Crippen LogP contribution < -0.4 is 5.73 Å². The highest BCUT2D eigenvalue weighted by Gasteiger charge is 2.44. The van der Waals surface area contributed by atoms with Crippen LogP contribution in [0.1, 0.15) is 28.6 Å². The molecule has 40 heavy (non-hydrogen) atoms. The fourth-order valence-corrected chi connectivity index (χ4v) is 5.82. The lowest BCUT2D eigenvalue weighted by Crippen LogP contribution is -2.32. The van der Waals surface area contributed by atoms with Crippen LogP contribution in [0.5, 0.6) is 0 Å². The van der Waals surface area contributed by atoms with E-state index >= 15 is 0 Å². The zero-order chi connectivity index (χ0) is 27.6. The van der Waals surface area contributed by atoms with Crippen LogP contribution >= 0.6 is 11.8 Å². The predicted molar refractivity (Wildman–Crippen MR) is 149 cm³/mol. The summed E-state index contributed by atoms with van der Waals surface area (Å²) in [6.45, 7) is 1.91. The van der Waals surface area contributed by atoms with Crippen LogP contribution in [0.2, 0.25) is 0 Å². The minimum Gasteiger partial charge on any atom is -0.387 e. The Labute approximate surface area is 233 Å². The number of nitrogen functional groups attached to an aromatic ring is 1. The molecule has 202 valence electrons. The van der Waals surface area contributed by atoms with Crippen molar-refractivity contribution in [2.75, 3.05) is 11.5 Å². The summed E-state index contributed by atoms with van der Waals surface area (Å²) in [5.41, 5.74) is 10.5. The molecule has 11 nitrogen and oxygen atoms in total. The van der Waals surface area contributed by atoms with Gasteiger partial charge in [0.15, 0.2) is 12.0 Å². The Balaban J connectivity index is 1.22. The number of ether oxygens (including phenoxy) is 1. The lowest BCUT2D eigenvalue weighted by atomic mass is 10.1. The van der Waals surface area contributed by atoms with Crippen LogP contribution in [0.3, 0.4) is 0 Å². The largest absolute Gasteiger partial charge is 0.387 e. The number of nitrogens with zero attached hydrogens (tertiary/aromatic N) is 6. The van der Waals surface area contributed by atoms with Gasteiger partial charge in [0.1, 0.15) is 36.3 Å². The van der Waals surface area contributed by atoms with Crippen molar-refractivity contribution in [1.29, 1.82) is 0 Å². The number of aliphatic hydroxyl groups excluding tert-OH is 2. The standard InChI is InChI=1S/C28H25N7O4S/c1-16-20(25(39-34-16)18-5-3-2-4-6-18)12-40-13-21-23(36)24(37)28(38-21)35-11-19(8-7-17-9-30-14-31-10-17)22-26(29)32-15-33-27(22)35/h2-6,9-11,14-15,21,23-24,28,36-37H,12-13H2,1H3,(H2,29,32,33)/t21-,23-,24-,28-/m1/s1. The predicted octanol–water partition coefficient (Wildman–Crippen LogP) is 2.72. The highest BCUT2D eigenvalue weighted by molar-refractivity contribution is 7.98. The number of aromatic nitrogens is 6. The number of rotatable bonds is 6. The van der Waals surface area contributed by atoms with Crippen molar-refractivity contribution < 1.29 is 19.5 Å². The Hall–Kier alpha value is -4.28. The molecule has 0 bridgehead atoms. The summed E-state index contributed by atoms with van der Waals surface area (Å²) in [6.07, 6.45) is 3.85. The number of anilines is 1. The monoisotopic (exact) mass is 555 g/mol. The Morgan fingerprint density at radius 1 is 1.05 bits per heavy atom. The highest BCUT2D eigenvalue weighted by Crippen LogP contribution is 2.36. The second-order valence-electron chi connectivity index (χ2n) is 9.29. The number of benzene rings is 1. The van der Waals surface area contributed by atoms with Crippen molar-refractivity contribution in [2.24, 2.45) is 0 Å². The van der Waals surface area contributed by atoms with Gasteiger partial charge in [-0.15, -0.1) is 0 Å². The topological polar surface area (TPSA) is 158 Å². The van der Waals surface area contributed by atoms with Crippen molar-refractivity contribution in [2.45, 2.75) is 37.2 Å². The average molecular weight is 556 g/mol. The van der Waals surface area contributed by atoms with Gasteiger partial charge >= 0.3 is 0 Å². The van der Waals surface area contributed by atoms with E-state index in [1.54, 1.807) is 34.9 Å². The average Bonchev–Trinajstić information content (AvgIpc) is 3.63. The summed E-state index contributed by atoms with van der Waals surface area (Å²) in [4.78, 5) is 16.4. The van der Waals surface area contributed by atoms with E-state index in [9.17, 15) is 10.2 Å². The second kappa shape index (κ2) is 11.1. The van der Waals surface area contributed by atoms with E-state index in [0.29, 0.717) is 33.7 Å². The molecule has 0 radical (unpaired) electrons. The van der Waals surface area contributed by atoms with Gasteiger partial charge in [-0.05, 0) is 6.92 Å². The molecule has 4 atom stereocenters. The minimum absolute atomic E-state index is 0.246. The van der Waals surface area contributed by atoms with Gasteiger partial charge in [0.05, 0.1) is 28.3 Å². The summed E-state index contributed by atoms with van der Waals surface area (Å²) >= 11 is 1.57. The molecule has 0 aliphatic carbocycles. The molecule has 5 heterocycles. The summed E-state index contributed by atoms with van der Waals surface area (Å²) in [7, 11) is 0. The number of aryl methyl sites for hydroxylation is 1. The molecule has 1 fully saturated rings. The maximum Gasteiger partial charge on any atom is 0.171 e. The Kier molecular flexibility index (Phi) is 7.19. The van der Waals surface area contributed by atoms with E-state index in [4.69, 9.17) is 15.0 Å².